The number of ether oxygens (including phenoxy) is 1. The number of carbonyl (C=O) groups is 5. The third-order valence-electron chi connectivity index (χ3n) is 6.04. The number of hydrogen-bond donors (Lipinski definition) is 9. The molecule has 0 aromatic heterocycles. The fourth-order valence-electron chi connectivity index (χ4n) is 3.65. The number of rotatable bonds is 17. The Morgan fingerprint density at radius 2 is 1.52 bits per heavy atom. The fraction of sp³-hybridized carbons (Fsp3) is 0.452. The Balaban J connectivity index is 0.000000646. The molecule has 0 unspecified atom stereocenters. The Hall–Kier alpha value is -5.13. The summed E-state index contributed by atoms with van der Waals surface area (Å²) in [6.45, 7) is 9.39. The van der Waals surface area contributed by atoms with E-state index in [1.54, 1.807) is 46.8 Å². The Labute approximate surface area is 279 Å². The molecule has 17 nitrogen and oxygen atoms in total. The highest BCUT2D eigenvalue weighted by Crippen LogP contribution is 2.13. The van der Waals surface area contributed by atoms with E-state index in [1.165, 1.54) is 0 Å². The summed E-state index contributed by atoms with van der Waals surface area (Å²) in [5.74, 6) is -2.45. The van der Waals surface area contributed by atoms with Gasteiger partial charge in [0.05, 0.1) is 0 Å². The molecule has 0 spiro atoms. The van der Waals surface area contributed by atoms with Crippen molar-refractivity contribution in [3.63, 3.8) is 0 Å². The Morgan fingerprint density at radius 3 is 2.02 bits per heavy atom. The molecule has 266 valence electrons. The zero-order chi connectivity index (χ0) is 36.3. The highest BCUT2D eigenvalue weighted by molar-refractivity contribution is 5.80. The highest BCUT2D eigenvalue weighted by atomic mass is 16.7. The molecule has 17 heteroatoms. The molecule has 0 fully saturated rings. The lowest BCUT2D eigenvalue weighted by Crippen LogP contribution is -2.55. The number of hydrazine groups is 2. The molecule has 2 rings (SSSR count). The highest BCUT2D eigenvalue weighted by Gasteiger charge is 2.26. The maximum absolute atomic E-state index is 11.4. The number of primary amides is 1. The second kappa shape index (κ2) is 20.9. The molecule has 10 N–H and O–H groups in total. The molecule has 2 atom stereocenters. The number of hydroxylamine groups is 1. The zero-order valence-corrected chi connectivity index (χ0v) is 27.7. The number of amides is 4. The maximum atomic E-state index is 11.4. The van der Waals surface area contributed by atoms with E-state index >= 15 is 0 Å². The number of aliphatic carboxylic acids is 2. The van der Waals surface area contributed by atoms with Crippen molar-refractivity contribution in [2.45, 2.75) is 78.3 Å². The molecule has 0 saturated heterocycles. The fourth-order valence-corrected chi connectivity index (χ4v) is 3.65. The Morgan fingerprint density at radius 1 is 0.896 bits per heavy atom. The molecule has 2 aromatic rings. The smallest absolute Gasteiger partial charge is 0.448 e. The Kier molecular flexibility index (Phi) is 17.8. The summed E-state index contributed by atoms with van der Waals surface area (Å²) < 4.78 is 4.96. The van der Waals surface area contributed by atoms with Gasteiger partial charge in [-0.15, -0.1) is 5.53 Å². The SMILES string of the molecule is CC(C)[C@H](NC(=O)OC(C)(C)C)C(=O)O.NC(=O)NCCC[C@H](NNN(OCc1ccc(NCc2ccccc2)cc1)C(=O)O)C(=O)O. The van der Waals surface area contributed by atoms with Gasteiger partial charge in [-0.2, -0.15) is 0 Å². The van der Waals surface area contributed by atoms with Crippen LogP contribution in [0.2, 0.25) is 0 Å². The Bertz CT molecular complexity index is 1300. The van der Waals surface area contributed by atoms with E-state index in [9.17, 15) is 34.2 Å². The van der Waals surface area contributed by atoms with Gasteiger partial charge in [0.25, 0.3) is 0 Å². The molecule has 0 radical (unpaired) electrons. The van der Waals surface area contributed by atoms with Crippen molar-refractivity contribution in [3.05, 3.63) is 65.7 Å². The molecular weight excluding hydrogens is 630 g/mol. The number of carboxylic acids is 2. The summed E-state index contributed by atoms with van der Waals surface area (Å²) in [6.07, 6.45) is -1.76. The number of alkyl carbamates (subject to hydrolysis) is 1. The van der Waals surface area contributed by atoms with Crippen LogP contribution in [0.1, 0.15) is 58.6 Å². The summed E-state index contributed by atoms with van der Waals surface area (Å²) in [4.78, 5) is 60.6. The van der Waals surface area contributed by atoms with Crippen LogP contribution in [0.3, 0.4) is 0 Å². The molecule has 0 saturated carbocycles. The molecule has 0 aliphatic carbocycles. The first-order chi connectivity index (χ1) is 22.5. The van der Waals surface area contributed by atoms with Gasteiger partial charge in [0.15, 0.2) is 0 Å². The lowest BCUT2D eigenvalue weighted by molar-refractivity contribution is -0.187. The number of carboxylic acid groups (broad SMARTS) is 3. The molecule has 0 aliphatic rings. The van der Waals surface area contributed by atoms with Crippen molar-refractivity contribution in [3.8, 4) is 0 Å². The van der Waals surface area contributed by atoms with Gasteiger partial charge in [0.1, 0.15) is 24.3 Å². The van der Waals surface area contributed by atoms with Crippen molar-refractivity contribution in [2.24, 2.45) is 11.7 Å². The second-order valence-corrected chi connectivity index (χ2v) is 11.7. The third kappa shape index (κ3) is 18.1. The normalized spacial score (nSPS) is 12.0. The van der Waals surface area contributed by atoms with Crippen molar-refractivity contribution < 1.29 is 48.9 Å². The van der Waals surface area contributed by atoms with Crippen LogP contribution < -0.4 is 32.6 Å². The van der Waals surface area contributed by atoms with Crippen LogP contribution in [0.25, 0.3) is 0 Å². The summed E-state index contributed by atoms with van der Waals surface area (Å²) in [5, 5.41) is 35.7. The number of carbonyl (C=O) groups excluding carboxylic acids is 2. The monoisotopic (exact) mass is 677 g/mol. The molecule has 4 amide bonds. The van der Waals surface area contributed by atoms with E-state index in [0.717, 1.165) is 11.3 Å². The first-order valence-electron chi connectivity index (χ1n) is 15.0. The summed E-state index contributed by atoms with van der Waals surface area (Å²) >= 11 is 0. The van der Waals surface area contributed by atoms with Crippen LogP contribution in [0.4, 0.5) is 20.1 Å². The maximum Gasteiger partial charge on any atom is 0.448 e. The largest absolute Gasteiger partial charge is 0.480 e. The van der Waals surface area contributed by atoms with Crippen molar-refractivity contribution in [1.29, 1.82) is 0 Å². The number of nitrogens with two attached hydrogens (primary N) is 1. The lowest BCUT2D eigenvalue weighted by Gasteiger charge is -2.23. The average molecular weight is 678 g/mol. The van der Waals surface area contributed by atoms with E-state index < -0.39 is 47.8 Å². The van der Waals surface area contributed by atoms with Gasteiger partial charge >= 0.3 is 30.2 Å². The van der Waals surface area contributed by atoms with E-state index in [4.69, 9.17) is 20.4 Å². The van der Waals surface area contributed by atoms with Gasteiger partial charge in [-0.3, -0.25) is 4.79 Å². The van der Waals surface area contributed by atoms with E-state index in [-0.39, 0.29) is 25.5 Å². The van der Waals surface area contributed by atoms with Crippen LogP contribution >= 0.6 is 0 Å². The van der Waals surface area contributed by atoms with Gasteiger partial charge in [-0.05, 0) is 62.8 Å². The molecule has 0 bridgehead atoms. The van der Waals surface area contributed by atoms with Crippen LogP contribution in [-0.4, -0.2) is 74.9 Å². The van der Waals surface area contributed by atoms with Gasteiger partial charge in [-0.25, -0.2) is 29.4 Å². The van der Waals surface area contributed by atoms with Crippen LogP contribution in [0.5, 0.6) is 0 Å². The molecule has 2 aromatic carbocycles. The zero-order valence-electron chi connectivity index (χ0n) is 27.7. The standard InChI is InChI=1S/C21H28N6O6.C10H19NO4/c22-20(30)23-12-4-7-18(19(28)29)25-26-27(21(31)32)33-14-16-8-10-17(11-9-16)24-13-15-5-2-1-3-6-15;1-6(2)7(8(12)13)11-9(14)15-10(3,4)5/h1-3,5-6,8-11,18,24-26H,4,7,12-14H2,(H,28,29)(H,31,32)(H3,22,23,30);6-7H,1-5H3,(H,11,14)(H,12,13)/t18-;7-/m00/s1. The second-order valence-electron chi connectivity index (χ2n) is 11.7. The topological polar surface area (TPSA) is 254 Å². The number of benzene rings is 2. The van der Waals surface area contributed by atoms with Crippen LogP contribution in [-0.2, 0) is 32.3 Å². The van der Waals surface area contributed by atoms with Gasteiger partial charge in [0, 0.05) is 18.8 Å². The van der Waals surface area contributed by atoms with Gasteiger partial charge in [-0.1, -0.05) is 61.5 Å². The lowest BCUT2D eigenvalue weighted by atomic mass is 10.1. The minimum atomic E-state index is -1.47. The van der Waals surface area contributed by atoms with Crippen LogP contribution in [0.15, 0.2) is 54.6 Å². The van der Waals surface area contributed by atoms with Crippen molar-refractivity contribution in [2.75, 3.05) is 11.9 Å². The number of anilines is 1. The van der Waals surface area contributed by atoms with Crippen molar-refractivity contribution >= 4 is 35.8 Å². The van der Waals surface area contributed by atoms with Crippen LogP contribution in [0, 0.1) is 5.92 Å². The van der Waals surface area contributed by atoms with E-state index in [1.807, 2.05) is 42.5 Å². The number of nitrogens with one attached hydrogen (secondary N) is 5. The average Bonchev–Trinajstić information content (AvgIpc) is 2.99. The minimum Gasteiger partial charge on any atom is -0.480 e. The molecule has 48 heavy (non-hydrogen) atoms. The van der Waals surface area contributed by atoms with Gasteiger partial charge in [0.2, 0.25) is 0 Å². The first-order valence-corrected chi connectivity index (χ1v) is 15.0. The predicted molar refractivity (Wildman–Crippen MR) is 175 cm³/mol. The van der Waals surface area contributed by atoms with Crippen molar-refractivity contribution in [1.82, 2.24) is 26.8 Å². The molecule has 0 aliphatic heterocycles. The summed E-state index contributed by atoms with van der Waals surface area (Å²) in [7, 11) is 0. The van der Waals surface area contributed by atoms with Gasteiger partial charge < -0.3 is 41.7 Å². The summed E-state index contributed by atoms with van der Waals surface area (Å²) in [6, 6.07) is 14.4. The van der Waals surface area contributed by atoms with E-state index in [2.05, 4.69) is 26.9 Å². The number of hydrogen-bond acceptors (Lipinski definition) is 10. The molecular formula is C31H47N7O10. The predicted octanol–water partition coefficient (Wildman–Crippen LogP) is 3.24. The summed E-state index contributed by atoms with van der Waals surface area (Å²) in [5.41, 5.74) is 11.7. The molecule has 0 heterocycles. The minimum absolute atomic E-state index is 0.0692. The quantitative estimate of drug-likeness (QED) is 0.0862. The number of nitrogens with zero attached hydrogens (tertiary/aromatic N) is 1. The van der Waals surface area contributed by atoms with E-state index in [0.29, 0.717) is 23.7 Å². The number of urea groups is 1. The third-order valence-corrected chi connectivity index (χ3v) is 6.04. The first kappa shape index (κ1) is 40.9.